The molecule has 5 heteroatoms. The molecule has 0 bridgehead atoms. The zero-order valence-electron chi connectivity index (χ0n) is 13.5. The number of rotatable bonds is 3. The molecule has 5 nitrogen and oxygen atoms in total. The van der Waals surface area contributed by atoms with Gasteiger partial charge in [0.1, 0.15) is 0 Å². The molecule has 1 aromatic carbocycles. The molecular formula is C18H25N3O2. The molecule has 0 saturated carbocycles. The maximum Gasteiger partial charge on any atom is 0.321 e. The van der Waals surface area contributed by atoms with E-state index in [2.05, 4.69) is 34.5 Å². The number of benzene rings is 1. The van der Waals surface area contributed by atoms with E-state index in [9.17, 15) is 4.79 Å². The van der Waals surface area contributed by atoms with Crippen LogP contribution in [0.4, 0.5) is 4.79 Å². The van der Waals surface area contributed by atoms with Crippen LogP contribution in [-0.4, -0.2) is 55.2 Å². The Kier molecular flexibility index (Phi) is 5.66. The van der Waals surface area contributed by atoms with Crippen LogP contribution in [0.25, 0.3) is 0 Å². The average molecular weight is 315 g/mol. The van der Waals surface area contributed by atoms with E-state index in [4.69, 9.17) is 4.74 Å². The molecule has 2 amide bonds. The summed E-state index contributed by atoms with van der Waals surface area (Å²) in [4.78, 5) is 16.5. The van der Waals surface area contributed by atoms with E-state index in [0.717, 1.165) is 58.8 Å². The smallest absolute Gasteiger partial charge is 0.321 e. The van der Waals surface area contributed by atoms with E-state index in [1.165, 1.54) is 11.1 Å². The Hall–Kier alpha value is -1.85. The Morgan fingerprint density at radius 2 is 1.78 bits per heavy atom. The normalized spacial score (nSPS) is 19.5. The SMILES string of the molecule is O=C(NC=C1CCOCC1)N1CCN(Cc2ccccc2)CC1. The molecule has 0 aromatic heterocycles. The van der Waals surface area contributed by atoms with Gasteiger partial charge < -0.3 is 15.0 Å². The second-order valence-electron chi connectivity index (χ2n) is 6.11. The van der Waals surface area contributed by atoms with Crippen molar-refractivity contribution in [1.29, 1.82) is 0 Å². The molecule has 2 aliphatic heterocycles. The van der Waals surface area contributed by atoms with E-state index >= 15 is 0 Å². The lowest BCUT2D eigenvalue weighted by molar-refractivity contribution is 0.118. The van der Waals surface area contributed by atoms with E-state index < -0.39 is 0 Å². The number of piperazine rings is 1. The number of hydrogen-bond acceptors (Lipinski definition) is 3. The van der Waals surface area contributed by atoms with Crippen LogP contribution in [-0.2, 0) is 11.3 Å². The highest BCUT2D eigenvalue weighted by atomic mass is 16.5. The molecule has 2 saturated heterocycles. The first kappa shape index (κ1) is 16.0. The van der Waals surface area contributed by atoms with Crippen LogP contribution in [0.1, 0.15) is 18.4 Å². The van der Waals surface area contributed by atoms with Crippen molar-refractivity contribution in [1.82, 2.24) is 15.1 Å². The largest absolute Gasteiger partial charge is 0.381 e. The molecule has 0 radical (unpaired) electrons. The first-order chi connectivity index (χ1) is 11.3. The van der Waals surface area contributed by atoms with Gasteiger partial charge in [-0.25, -0.2) is 4.79 Å². The number of urea groups is 1. The van der Waals surface area contributed by atoms with Crippen LogP contribution in [0.15, 0.2) is 42.1 Å². The Labute approximate surface area is 137 Å². The minimum Gasteiger partial charge on any atom is -0.381 e. The molecular weight excluding hydrogens is 290 g/mol. The highest BCUT2D eigenvalue weighted by Gasteiger charge is 2.20. The fourth-order valence-electron chi connectivity index (χ4n) is 2.98. The number of carbonyl (C=O) groups excluding carboxylic acids is 1. The van der Waals surface area contributed by atoms with Crippen molar-refractivity contribution < 1.29 is 9.53 Å². The van der Waals surface area contributed by atoms with Crippen molar-refractivity contribution in [2.75, 3.05) is 39.4 Å². The lowest BCUT2D eigenvalue weighted by Crippen LogP contribution is -2.50. The number of nitrogens with zero attached hydrogens (tertiary/aromatic N) is 2. The topological polar surface area (TPSA) is 44.8 Å². The summed E-state index contributed by atoms with van der Waals surface area (Å²) >= 11 is 0. The molecule has 0 spiro atoms. The Bertz CT molecular complexity index is 528. The number of ether oxygens (including phenoxy) is 1. The molecule has 0 unspecified atom stereocenters. The van der Waals surface area contributed by atoms with Gasteiger partial charge in [-0.2, -0.15) is 0 Å². The molecule has 1 N–H and O–H groups in total. The lowest BCUT2D eigenvalue weighted by Gasteiger charge is -2.34. The minimum absolute atomic E-state index is 0.0170. The van der Waals surface area contributed by atoms with Gasteiger partial charge in [0.05, 0.1) is 13.2 Å². The molecule has 1 aromatic rings. The number of amides is 2. The standard InChI is InChI=1S/C18H25N3O2/c22-18(19-14-16-6-12-23-13-7-16)21-10-8-20(9-11-21)15-17-4-2-1-3-5-17/h1-5,14H,6-13,15H2,(H,19,22). The van der Waals surface area contributed by atoms with Gasteiger partial charge in [-0.1, -0.05) is 30.3 Å². The second-order valence-corrected chi connectivity index (χ2v) is 6.11. The molecule has 3 rings (SSSR count). The number of nitrogens with one attached hydrogen (secondary N) is 1. The quantitative estimate of drug-likeness (QED) is 0.930. The third-order valence-electron chi connectivity index (χ3n) is 4.44. The van der Waals surface area contributed by atoms with Crippen molar-refractivity contribution in [3.63, 3.8) is 0 Å². The van der Waals surface area contributed by atoms with Gasteiger partial charge >= 0.3 is 6.03 Å². The first-order valence-electron chi connectivity index (χ1n) is 8.38. The molecule has 2 aliphatic rings. The number of carbonyl (C=O) groups is 1. The molecule has 2 heterocycles. The Morgan fingerprint density at radius 3 is 2.48 bits per heavy atom. The maximum absolute atomic E-state index is 12.2. The van der Waals surface area contributed by atoms with E-state index in [-0.39, 0.29) is 6.03 Å². The summed E-state index contributed by atoms with van der Waals surface area (Å²) in [6, 6.07) is 10.5. The fourth-order valence-corrected chi connectivity index (χ4v) is 2.98. The van der Waals surface area contributed by atoms with Crippen LogP contribution >= 0.6 is 0 Å². The van der Waals surface area contributed by atoms with Gasteiger partial charge in [-0.05, 0) is 24.0 Å². The van der Waals surface area contributed by atoms with Gasteiger partial charge in [0.2, 0.25) is 0 Å². The minimum atomic E-state index is 0.0170. The summed E-state index contributed by atoms with van der Waals surface area (Å²) in [6.07, 6.45) is 3.72. The maximum atomic E-state index is 12.2. The summed E-state index contributed by atoms with van der Waals surface area (Å²) in [7, 11) is 0. The van der Waals surface area contributed by atoms with Gasteiger partial charge in [0, 0.05) is 38.9 Å². The van der Waals surface area contributed by atoms with Gasteiger partial charge in [0.15, 0.2) is 0 Å². The molecule has 124 valence electrons. The Morgan fingerprint density at radius 1 is 1.09 bits per heavy atom. The zero-order chi connectivity index (χ0) is 15.9. The van der Waals surface area contributed by atoms with Gasteiger partial charge in [-0.3, -0.25) is 4.90 Å². The molecule has 0 aliphatic carbocycles. The van der Waals surface area contributed by atoms with Crippen molar-refractivity contribution in [2.45, 2.75) is 19.4 Å². The van der Waals surface area contributed by atoms with Gasteiger partial charge in [0.25, 0.3) is 0 Å². The van der Waals surface area contributed by atoms with Crippen molar-refractivity contribution in [2.24, 2.45) is 0 Å². The molecule has 0 atom stereocenters. The van der Waals surface area contributed by atoms with Crippen LogP contribution in [0.5, 0.6) is 0 Å². The van der Waals surface area contributed by atoms with Crippen LogP contribution in [0, 0.1) is 0 Å². The summed E-state index contributed by atoms with van der Waals surface area (Å²) in [5, 5.41) is 2.94. The predicted molar refractivity (Wildman–Crippen MR) is 90.0 cm³/mol. The fraction of sp³-hybridized carbons (Fsp3) is 0.500. The van der Waals surface area contributed by atoms with Crippen molar-refractivity contribution in [3.05, 3.63) is 47.7 Å². The zero-order valence-corrected chi connectivity index (χ0v) is 13.5. The van der Waals surface area contributed by atoms with Gasteiger partial charge in [-0.15, -0.1) is 0 Å². The monoisotopic (exact) mass is 315 g/mol. The summed E-state index contributed by atoms with van der Waals surface area (Å²) in [6.45, 7) is 5.90. The number of hydrogen-bond donors (Lipinski definition) is 1. The highest BCUT2D eigenvalue weighted by molar-refractivity contribution is 5.75. The van der Waals surface area contributed by atoms with Crippen molar-refractivity contribution >= 4 is 6.03 Å². The van der Waals surface area contributed by atoms with Crippen LogP contribution in [0.2, 0.25) is 0 Å². The third-order valence-corrected chi connectivity index (χ3v) is 4.44. The summed E-state index contributed by atoms with van der Waals surface area (Å²) in [5.41, 5.74) is 2.60. The van der Waals surface area contributed by atoms with Crippen LogP contribution < -0.4 is 5.32 Å². The Balaban J connectivity index is 1.42. The second kappa shape index (κ2) is 8.13. The third kappa shape index (κ3) is 4.81. The lowest BCUT2D eigenvalue weighted by atomic mass is 10.1. The first-order valence-corrected chi connectivity index (χ1v) is 8.38. The summed E-state index contributed by atoms with van der Waals surface area (Å²) in [5.74, 6) is 0. The summed E-state index contributed by atoms with van der Waals surface area (Å²) < 4.78 is 5.31. The van der Waals surface area contributed by atoms with Crippen molar-refractivity contribution in [3.8, 4) is 0 Å². The highest BCUT2D eigenvalue weighted by Crippen LogP contribution is 2.12. The predicted octanol–water partition coefficient (Wildman–Crippen LogP) is 2.21. The molecule has 2 fully saturated rings. The van der Waals surface area contributed by atoms with E-state index in [1.807, 2.05) is 17.2 Å². The van der Waals surface area contributed by atoms with Crippen LogP contribution in [0.3, 0.4) is 0 Å². The van der Waals surface area contributed by atoms with E-state index in [1.54, 1.807) is 0 Å². The molecule has 23 heavy (non-hydrogen) atoms. The van der Waals surface area contributed by atoms with E-state index in [0.29, 0.717) is 0 Å². The average Bonchev–Trinajstić information content (AvgIpc) is 2.62.